The van der Waals surface area contributed by atoms with Gasteiger partial charge in [-0.1, -0.05) is 13.2 Å². The Morgan fingerprint density at radius 1 is 1.07 bits per heavy atom. The number of carbonyl (C=O) groups excluding carboxylic acids is 2. The number of rotatable bonds is 6. The molecule has 0 radical (unpaired) electrons. The summed E-state index contributed by atoms with van der Waals surface area (Å²) in [5.74, 6) is -0.431. The minimum atomic E-state index is -0.927. The maximum atomic E-state index is 11.1. The van der Waals surface area contributed by atoms with Crippen LogP contribution in [0.2, 0.25) is 0 Å². The third-order valence-corrected chi connectivity index (χ3v) is 1.79. The summed E-state index contributed by atoms with van der Waals surface area (Å²) in [6.45, 7) is 10.1. The standard InChI is InChI=1S/C11H16O3/c1-7(2)10(13)5-9(12)6-11(14)8(3)4/h9,12H,1,3,5-6H2,2,4H3. The smallest absolute Gasteiger partial charge is 0.160 e. The Labute approximate surface area is 84.1 Å². The molecule has 0 bridgehead atoms. The van der Waals surface area contributed by atoms with Gasteiger partial charge in [-0.25, -0.2) is 0 Å². The van der Waals surface area contributed by atoms with E-state index in [1.165, 1.54) is 0 Å². The van der Waals surface area contributed by atoms with Crippen LogP contribution >= 0.6 is 0 Å². The third-order valence-electron chi connectivity index (χ3n) is 1.79. The van der Waals surface area contributed by atoms with Gasteiger partial charge in [0.25, 0.3) is 0 Å². The summed E-state index contributed by atoms with van der Waals surface area (Å²) in [5.41, 5.74) is 0.790. The van der Waals surface area contributed by atoms with E-state index in [2.05, 4.69) is 13.2 Å². The summed E-state index contributed by atoms with van der Waals surface area (Å²) < 4.78 is 0. The molecule has 0 fully saturated rings. The predicted molar refractivity (Wildman–Crippen MR) is 54.9 cm³/mol. The highest BCUT2D eigenvalue weighted by molar-refractivity contribution is 5.97. The normalized spacial score (nSPS) is 10.0. The van der Waals surface area contributed by atoms with Gasteiger partial charge in [-0.3, -0.25) is 9.59 Å². The summed E-state index contributed by atoms with van der Waals surface area (Å²) in [6.07, 6.45) is -1.02. The molecule has 0 rings (SSSR count). The average molecular weight is 196 g/mol. The predicted octanol–water partition coefficient (Wildman–Crippen LogP) is 1.42. The summed E-state index contributed by atoms with van der Waals surface area (Å²) in [4.78, 5) is 22.2. The van der Waals surface area contributed by atoms with Crippen molar-refractivity contribution in [2.45, 2.75) is 32.8 Å². The molecule has 3 heteroatoms. The van der Waals surface area contributed by atoms with Crippen LogP contribution in [0.1, 0.15) is 26.7 Å². The number of Topliss-reactive ketones (excluding diaryl/α,β-unsaturated/α-hetero) is 2. The number of allylic oxidation sites excluding steroid dienone is 2. The van der Waals surface area contributed by atoms with E-state index in [4.69, 9.17) is 0 Å². The van der Waals surface area contributed by atoms with E-state index < -0.39 is 6.10 Å². The Kier molecular flexibility index (Phi) is 5.02. The van der Waals surface area contributed by atoms with Crippen molar-refractivity contribution < 1.29 is 14.7 Å². The lowest BCUT2D eigenvalue weighted by atomic mass is 10.0. The van der Waals surface area contributed by atoms with Crippen LogP contribution < -0.4 is 0 Å². The molecule has 0 saturated heterocycles. The number of ketones is 2. The highest BCUT2D eigenvalue weighted by Crippen LogP contribution is 2.07. The first kappa shape index (κ1) is 12.8. The van der Waals surface area contributed by atoms with Crippen molar-refractivity contribution in [2.24, 2.45) is 0 Å². The molecule has 0 aliphatic heterocycles. The number of hydrogen-bond donors (Lipinski definition) is 1. The van der Waals surface area contributed by atoms with Crippen molar-refractivity contribution in [1.82, 2.24) is 0 Å². The van der Waals surface area contributed by atoms with Crippen molar-refractivity contribution in [1.29, 1.82) is 0 Å². The maximum Gasteiger partial charge on any atom is 0.160 e. The second kappa shape index (κ2) is 5.50. The van der Waals surface area contributed by atoms with Gasteiger partial charge < -0.3 is 5.11 Å². The Bertz CT molecular complexity index is 248. The Balaban J connectivity index is 4.05. The number of aliphatic hydroxyl groups is 1. The van der Waals surface area contributed by atoms with Crippen LogP contribution in [0.25, 0.3) is 0 Å². The van der Waals surface area contributed by atoms with E-state index in [9.17, 15) is 14.7 Å². The van der Waals surface area contributed by atoms with E-state index in [-0.39, 0.29) is 24.4 Å². The molecule has 0 aromatic heterocycles. The molecular formula is C11H16O3. The van der Waals surface area contributed by atoms with Crippen molar-refractivity contribution >= 4 is 11.6 Å². The first-order chi connectivity index (χ1) is 6.34. The van der Waals surface area contributed by atoms with Crippen LogP contribution in [0.5, 0.6) is 0 Å². The highest BCUT2D eigenvalue weighted by Gasteiger charge is 2.15. The van der Waals surface area contributed by atoms with Crippen LogP contribution in [0, 0.1) is 0 Å². The molecule has 3 nitrogen and oxygen atoms in total. The second-order valence-corrected chi connectivity index (χ2v) is 3.47. The minimum Gasteiger partial charge on any atom is -0.392 e. The lowest BCUT2D eigenvalue weighted by Crippen LogP contribution is -2.18. The Morgan fingerprint density at radius 2 is 1.36 bits per heavy atom. The summed E-state index contributed by atoms with van der Waals surface area (Å²) >= 11 is 0. The van der Waals surface area contributed by atoms with Crippen LogP contribution in [0.15, 0.2) is 24.3 Å². The number of hydrogen-bond acceptors (Lipinski definition) is 3. The fraction of sp³-hybridized carbons (Fsp3) is 0.455. The first-order valence-electron chi connectivity index (χ1n) is 4.40. The van der Waals surface area contributed by atoms with E-state index in [1.807, 2.05) is 0 Å². The van der Waals surface area contributed by atoms with E-state index in [1.54, 1.807) is 13.8 Å². The maximum absolute atomic E-state index is 11.1. The molecule has 0 heterocycles. The van der Waals surface area contributed by atoms with E-state index in [0.29, 0.717) is 11.1 Å². The lowest BCUT2D eigenvalue weighted by Gasteiger charge is -2.08. The van der Waals surface area contributed by atoms with Gasteiger partial charge in [-0.15, -0.1) is 0 Å². The van der Waals surface area contributed by atoms with Gasteiger partial charge in [0.15, 0.2) is 11.6 Å². The van der Waals surface area contributed by atoms with Crippen LogP contribution in [0.4, 0.5) is 0 Å². The van der Waals surface area contributed by atoms with Crippen molar-refractivity contribution in [3.05, 3.63) is 24.3 Å². The molecule has 0 atom stereocenters. The van der Waals surface area contributed by atoms with Gasteiger partial charge in [0.2, 0.25) is 0 Å². The summed E-state index contributed by atoms with van der Waals surface area (Å²) in [7, 11) is 0. The molecule has 0 aromatic rings. The van der Waals surface area contributed by atoms with Gasteiger partial charge in [0.05, 0.1) is 6.10 Å². The van der Waals surface area contributed by atoms with Crippen LogP contribution in [-0.2, 0) is 9.59 Å². The topological polar surface area (TPSA) is 54.4 Å². The molecule has 0 saturated carbocycles. The van der Waals surface area contributed by atoms with Gasteiger partial charge in [-0.2, -0.15) is 0 Å². The zero-order valence-electron chi connectivity index (χ0n) is 8.67. The molecule has 14 heavy (non-hydrogen) atoms. The van der Waals surface area contributed by atoms with Gasteiger partial charge >= 0.3 is 0 Å². The molecule has 1 N–H and O–H groups in total. The lowest BCUT2D eigenvalue weighted by molar-refractivity contribution is -0.119. The molecule has 0 aliphatic carbocycles. The van der Waals surface area contributed by atoms with E-state index >= 15 is 0 Å². The number of carbonyl (C=O) groups is 2. The third kappa shape index (κ3) is 4.72. The van der Waals surface area contributed by atoms with Gasteiger partial charge in [-0.05, 0) is 25.0 Å². The Hall–Kier alpha value is -1.22. The molecule has 0 amide bonds. The summed E-state index contributed by atoms with van der Waals surface area (Å²) in [6, 6.07) is 0. The highest BCUT2D eigenvalue weighted by atomic mass is 16.3. The van der Waals surface area contributed by atoms with Crippen LogP contribution in [-0.4, -0.2) is 22.8 Å². The SMILES string of the molecule is C=C(C)C(=O)CC(O)CC(=O)C(=C)C. The van der Waals surface area contributed by atoms with Crippen molar-refractivity contribution in [2.75, 3.05) is 0 Å². The molecule has 0 aromatic carbocycles. The summed E-state index contributed by atoms with van der Waals surface area (Å²) in [5, 5.41) is 9.36. The fourth-order valence-electron chi connectivity index (χ4n) is 0.849. The zero-order chi connectivity index (χ0) is 11.3. The quantitative estimate of drug-likeness (QED) is 0.653. The van der Waals surface area contributed by atoms with Gasteiger partial charge in [0.1, 0.15) is 0 Å². The molecule has 78 valence electrons. The van der Waals surface area contributed by atoms with Gasteiger partial charge in [0, 0.05) is 12.8 Å². The van der Waals surface area contributed by atoms with Crippen molar-refractivity contribution in [3.8, 4) is 0 Å². The average Bonchev–Trinajstić information content (AvgIpc) is 2.03. The second-order valence-electron chi connectivity index (χ2n) is 3.47. The number of aliphatic hydroxyl groups excluding tert-OH is 1. The Morgan fingerprint density at radius 3 is 1.57 bits per heavy atom. The van der Waals surface area contributed by atoms with Crippen molar-refractivity contribution in [3.63, 3.8) is 0 Å². The van der Waals surface area contributed by atoms with Crippen LogP contribution in [0.3, 0.4) is 0 Å². The molecule has 0 spiro atoms. The fourth-order valence-corrected chi connectivity index (χ4v) is 0.849. The van der Waals surface area contributed by atoms with E-state index in [0.717, 1.165) is 0 Å². The molecular weight excluding hydrogens is 180 g/mol. The largest absolute Gasteiger partial charge is 0.392 e. The molecule has 0 unspecified atom stereocenters. The zero-order valence-corrected chi connectivity index (χ0v) is 8.67. The molecule has 0 aliphatic rings. The minimum absolute atomic E-state index is 0.0473. The monoisotopic (exact) mass is 196 g/mol. The first-order valence-corrected chi connectivity index (χ1v) is 4.40.